The molecular weight excluding hydrogens is 234 g/mol. The Morgan fingerprint density at radius 2 is 1.58 bits per heavy atom. The van der Waals surface area contributed by atoms with Gasteiger partial charge in [-0.3, -0.25) is 0 Å². The standard InChI is InChI=1S/C16H25N3/c17-14-6-8-16(9-7-14)19-12-10-18(11-13-19)15-4-2-1-3-5-15/h6-9,15H,1-5,10-13,17H2/p+1. The number of anilines is 2. The van der Waals surface area contributed by atoms with Crippen molar-refractivity contribution < 1.29 is 4.90 Å². The van der Waals surface area contributed by atoms with Gasteiger partial charge in [-0.05, 0) is 49.9 Å². The molecule has 3 N–H and O–H groups in total. The summed E-state index contributed by atoms with van der Waals surface area (Å²) in [6, 6.07) is 9.27. The number of nitrogens with one attached hydrogen (secondary N) is 1. The Bertz CT molecular complexity index is 387. The van der Waals surface area contributed by atoms with Crippen LogP contribution in [-0.2, 0) is 0 Å². The minimum absolute atomic E-state index is 0.857. The molecule has 2 aliphatic rings. The number of hydrogen-bond acceptors (Lipinski definition) is 2. The lowest BCUT2D eigenvalue weighted by Crippen LogP contribution is -3.18. The fraction of sp³-hybridized carbons (Fsp3) is 0.625. The quantitative estimate of drug-likeness (QED) is 0.786. The van der Waals surface area contributed by atoms with Crippen LogP contribution in [0.1, 0.15) is 32.1 Å². The first-order valence-electron chi connectivity index (χ1n) is 7.78. The van der Waals surface area contributed by atoms with Crippen LogP contribution in [0.3, 0.4) is 0 Å². The first kappa shape index (κ1) is 12.8. The highest BCUT2D eigenvalue weighted by atomic mass is 15.3. The molecule has 1 aliphatic carbocycles. The zero-order valence-electron chi connectivity index (χ0n) is 11.8. The number of hydrogen-bond donors (Lipinski definition) is 2. The van der Waals surface area contributed by atoms with Crippen molar-refractivity contribution in [3.63, 3.8) is 0 Å². The molecule has 3 nitrogen and oxygen atoms in total. The normalized spacial score (nSPS) is 22.6. The smallest absolute Gasteiger partial charge is 0.0951 e. The summed E-state index contributed by atoms with van der Waals surface area (Å²) in [6.07, 6.45) is 7.28. The molecule has 0 radical (unpaired) electrons. The van der Waals surface area contributed by atoms with E-state index in [4.69, 9.17) is 5.73 Å². The van der Waals surface area contributed by atoms with Crippen molar-refractivity contribution in [1.29, 1.82) is 0 Å². The molecule has 0 bridgehead atoms. The summed E-state index contributed by atoms with van der Waals surface area (Å²) in [4.78, 5) is 4.36. The summed E-state index contributed by atoms with van der Waals surface area (Å²) in [6.45, 7) is 4.98. The van der Waals surface area contributed by atoms with E-state index in [9.17, 15) is 0 Å². The van der Waals surface area contributed by atoms with E-state index >= 15 is 0 Å². The Morgan fingerprint density at radius 1 is 0.947 bits per heavy atom. The van der Waals surface area contributed by atoms with Crippen molar-refractivity contribution in [2.75, 3.05) is 36.8 Å². The van der Waals surface area contributed by atoms with Crippen molar-refractivity contribution in [2.45, 2.75) is 38.1 Å². The maximum Gasteiger partial charge on any atom is 0.0951 e. The van der Waals surface area contributed by atoms with Crippen LogP contribution >= 0.6 is 0 Å². The second-order valence-corrected chi connectivity index (χ2v) is 6.07. The minimum atomic E-state index is 0.857. The molecule has 0 atom stereocenters. The van der Waals surface area contributed by atoms with Gasteiger partial charge in [0.2, 0.25) is 0 Å². The number of quaternary nitrogens is 1. The lowest BCUT2D eigenvalue weighted by atomic mass is 9.94. The van der Waals surface area contributed by atoms with Gasteiger partial charge in [-0.25, -0.2) is 0 Å². The SMILES string of the molecule is Nc1ccc(N2CC[NH+](C3CCCCC3)CC2)cc1. The van der Waals surface area contributed by atoms with Crippen molar-refractivity contribution in [1.82, 2.24) is 0 Å². The molecule has 0 aromatic heterocycles. The fourth-order valence-electron chi connectivity index (χ4n) is 3.66. The van der Waals surface area contributed by atoms with E-state index in [0.29, 0.717) is 0 Å². The Kier molecular flexibility index (Phi) is 3.92. The zero-order valence-corrected chi connectivity index (χ0v) is 11.8. The third-order valence-corrected chi connectivity index (χ3v) is 4.85. The maximum atomic E-state index is 5.75. The van der Waals surface area contributed by atoms with E-state index in [-0.39, 0.29) is 0 Å². The van der Waals surface area contributed by atoms with E-state index in [2.05, 4.69) is 17.0 Å². The van der Waals surface area contributed by atoms with Crippen molar-refractivity contribution >= 4 is 11.4 Å². The van der Waals surface area contributed by atoms with E-state index in [1.165, 1.54) is 64.0 Å². The summed E-state index contributed by atoms with van der Waals surface area (Å²) >= 11 is 0. The highest BCUT2D eigenvalue weighted by molar-refractivity contribution is 5.53. The Labute approximate surface area is 116 Å². The molecule has 0 amide bonds. The Morgan fingerprint density at radius 3 is 2.21 bits per heavy atom. The van der Waals surface area contributed by atoms with Crippen LogP contribution in [0.15, 0.2) is 24.3 Å². The van der Waals surface area contributed by atoms with Crippen molar-refractivity contribution in [3.05, 3.63) is 24.3 Å². The fourth-order valence-corrected chi connectivity index (χ4v) is 3.66. The summed E-state index contributed by atoms with van der Waals surface area (Å²) in [5.74, 6) is 0. The van der Waals surface area contributed by atoms with Crippen LogP contribution in [0.5, 0.6) is 0 Å². The van der Waals surface area contributed by atoms with Crippen LogP contribution < -0.4 is 15.5 Å². The first-order chi connectivity index (χ1) is 9.33. The predicted molar refractivity (Wildman–Crippen MR) is 80.6 cm³/mol. The van der Waals surface area contributed by atoms with Gasteiger partial charge in [0, 0.05) is 11.4 Å². The number of piperazine rings is 1. The number of benzene rings is 1. The minimum Gasteiger partial charge on any atom is -0.399 e. The number of nitrogens with two attached hydrogens (primary N) is 1. The van der Waals surface area contributed by atoms with E-state index in [0.717, 1.165) is 11.7 Å². The van der Waals surface area contributed by atoms with Gasteiger partial charge in [-0.1, -0.05) is 6.42 Å². The molecule has 0 unspecified atom stereocenters. The molecule has 2 fully saturated rings. The molecule has 1 saturated heterocycles. The third-order valence-electron chi connectivity index (χ3n) is 4.85. The van der Waals surface area contributed by atoms with Crippen LogP contribution in [0.4, 0.5) is 11.4 Å². The lowest BCUT2D eigenvalue weighted by molar-refractivity contribution is -0.927. The van der Waals surface area contributed by atoms with Gasteiger partial charge in [-0.2, -0.15) is 0 Å². The lowest BCUT2D eigenvalue weighted by Gasteiger charge is -2.38. The number of rotatable bonds is 2. The van der Waals surface area contributed by atoms with Crippen LogP contribution in [0, 0.1) is 0 Å². The molecule has 1 saturated carbocycles. The molecule has 104 valence electrons. The Balaban J connectivity index is 1.55. The van der Waals surface area contributed by atoms with Gasteiger partial charge in [-0.15, -0.1) is 0 Å². The molecule has 3 heteroatoms. The molecule has 19 heavy (non-hydrogen) atoms. The molecular formula is C16H26N3+. The van der Waals surface area contributed by atoms with E-state index < -0.39 is 0 Å². The Hall–Kier alpha value is -1.22. The van der Waals surface area contributed by atoms with Gasteiger partial charge in [0.05, 0.1) is 32.2 Å². The highest BCUT2D eigenvalue weighted by Gasteiger charge is 2.28. The molecule has 0 spiro atoms. The zero-order chi connectivity index (χ0) is 13.1. The molecule has 1 aromatic rings. The number of nitrogens with zero attached hydrogens (tertiary/aromatic N) is 1. The first-order valence-corrected chi connectivity index (χ1v) is 7.78. The molecule has 1 aliphatic heterocycles. The van der Waals surface area contributed by atoms with Crippen molar-refractivity contribution in [2.24, 2.45) is 0 Å². The molecule has 1 aromatic carbocycles. The van der Waals surface area contributed by atoms with Gasteiger partial charge >= 0.3 is 0 Å². The average Bonchev–Trinajstić information content (AvgIpc) is 2.49. The van der Waals surface area contributed by atoms with E-state index in [1.54, 1.807) is 0 Å². The topological polar surface area (TPSA) is 33.7 Å². The summed E-state index contributed by atoms with van der Waals surface area (Å²) < 4.78 is 0. The van der Waals surface area contributed by atoms with Gasteiger partial charge in [0.25, 0.3) is 0 Å². The van der Waals surface area contributed by atoms with Gasteiger partial charge in [0.15, 0.2) is 0 Å². The summed E-state index contributed by atoms with van der Waals surface area (Å²) in [7, 11) is 0. The monoisotopic (exact) mass is 260 g/mol. The van der Waals surface area contributed by atoms with Crippen LogP contribution in [0.2, 0.25) is 0 Å². The highest BCUT2D eigenvalue weighted by Crippen LogP contribution is 2.18. The summed E-state index contributed by atoms with van der Waals surface area (Å²) in [5, 5.41) is 0. The van der Waals surface area contributed by atoms with Crippen LogP contribution in [0.25, 0.3) is 0 Å². The largest absolute Gasteiger partial charge is 0.399 e. The predicted octanol–water partition coefficient (Wildman–Crippen LogP) is 1.31. The third kappa shape index (κ3) is 3.03. The molecule has 3 rings (SSSR count). The maximum absolute atomic E-state index is 5.75. The van der Waals surface area contributed by atoms with Crippen molar-refractivity contribution in [3.8, 4) is 0 Å². The van der Waals surface area contributed by atoms with E-state index in [1.807, 2.05) is 17.0 Å². The molecule has 1 heterocycles. The van der Waals surface area contributed by atoms with Crippen LogP contribution in [-0.4, -0.2) is 32.2 Å². The average molecular weight is 260 g/mol. The second kappa shape index (κ2) is 5.83. The second-order valence-electron chi connectivity index (χ2n) is 6.07. The van der Waals surface area contributed by atoms with Gasteiger partial charge in [0.1, 0.15) is 0 Å². The number of nitrogen functional groups attached to an aromatic ring is 1. The van der Waals surface area contributed by atoms with Gasteiger partial charge < -0.3 is 15.5 Å². The summed E-state index contributed by atoms with van der Waals surface area (Å²) in [5.41, 5.74) is 7.94.